The summed E-state index contributed by atoms with van der Waals surface area (Å²) in [6.45, 7) is 3.05. The van der Waals surface area contributed by atoms with Crippen molar-refractivity contribution in [2.45, 2.75) is 31.1 Å². The van der Waals surface area contributed by atoms with Crippen LogP contribution in [0.2, 0.25) is 0 Å². The molecule has 5 heteroatoms. The van der Waals surface area contributed by atoms with Crippen LogP contribution in [-0.4, -0.2) is 18.6 Å². The van der Waals surface area contributed by atoms with Crippen molar-refractivity contribution in [2.24, 2.45) is 5.92 Å². The van der Waals surface area contributed by atoms with Crippen LogP contribution >= 0.6 is 23.1 Å². The van der Waals surface area contributed by atoms with Gasteiger partial charge in [-0.3, -0.25) is 4.79 Å². The molecular weight excluding hydrogens is 252 g/mol. The number of carbonyl (C=O) groups excluding carboxylic acids is 1. The number of rotatable bonds is 6. The Bertz CT molecular complexity index is 424. The lowest BCUT2D eigenvalue weighted by Crippen LogP contribution is -2.02. The molecule has 0 amide bonds. The predicted molar refractivity (Wildman–Crippen MR) is 76.3 cm³/mol. The molecule has 0 bridgehead atoms. The molecule has 2 rings (SSSR count). The topological polar surface area (TPSA) is 55.1 Å². The summed E-state index contributed by atoms with van der Waals surface area (Å²) < 4.78 is 0. The summed E-state index contributed by atoms with van der Waals surface area (Å²) in [6.07, 6.45) is 5.13. The summed E-state index contributed by atoms with van der Waals surface area (Å²) in [5.41, 5.74) is 6.76. The molecule has 1 aromatic rings. The largest absolute Gasteiger partial charge is 0.396 e. The minimum absolute atomic E-state index is 0.240. The summed E-state index contributed by atoms with van der Waals surface area (Å²) >= 11 is 3.13. The number of hydrogen-bond acceptors (Lipinski definition) is 5. The van der Waals surface area contributed by atoms with Crippen molar-refractivity contribution in [3.8, 4) is 0 Å². The van der Waals surface area contributed by atoms with Gasteiger partial charge in [0.1, 0.15) is 5.00 Å². The third kappa shape index (κ3) is 2.60. The number of thiophene rings is 1. The highest BCUT2D eigenvalue weighted by molar-refractivity contribution is 7.99. The predicted octanol–water partition coefficient (Wildman–Crippen LogP) is 3.47. The lowest BCUT2D eigenvalue weighted by Gasteiger charge is -2.03. The molecule has 1 fully saturated rings. The number of nitrogen functional groups attached to an aromatic ring is 1. The Balaban J connectivity index is 2.26. The lowest BCUT2D eigenvalue weighted by atomic mass is 10.2. The normalized spacial score (nSPS) is 14.9. The van der Waals surface area contributed by atoms with Gasteiger partial charge in [0.25, 0.3) is 0 Å². The van der Waals surface area contributed by atoms with Gasteiger partial charge < -0.3 is 11.1 Å². The highest BCUT2D eigenvalue weighted by Crippen LogP contribution is 2.45. The molecule has 3 N–H and O–H groups in total. The minimum Gasteiger partial charge on any atom is -0.396 e. The van der Waals surface area contributed by atoms with Crippen LogP contribution in [0.15, 0.2) is 4.90 Å². The maximum Gasteiger partial charge on any atom is 0.178 e. The smallest absolute Gasteiger partial charge is 0.178 e. The average molecular weight is 270 g/mol. The second-order valence-electron chi connectivity index (χ2n) is 4.27. The van der Waals surface area contributed by atoms with Crippen molar-refractivity contribution in [3.63, 3.8) is 0 Å². The molecule has 17 heavy (non-hydrogen) atoms. The number of hydrogen-bond donors (Lipinski definition) is 2. The zero-order valence-electron chi connectivity index (χ0n) is 10.2. The fraction of sp³-hybridized carbons (Fsp3) is 0.583. The van der Waals surface area contributed by atoms with Gasteiger partial charge in [0.05, 0.1) is 15.5 Å². The van der Waals surface area contributed by atoms with Crippen molar-refractivity contribution in [3.05, 3.63) is 4.88 Å². The van der Waals surface area contributed by atoms with Gasteiger partial charge in [-0.2, -0.15) is 0 Å². The molecule has 1 aliphatic rings. The van der Waals surface area contributed by atoms with Crippen LogP contribution in [0.25, 0.3) is 0 Å². The Kier molecular flexibility index (Phi) is 3.99. The van der Waals surface area contributed by atoms with Crippen molar-refractivity contribution in [2.75, 3.05) is 23.9 Å². The average Bonchev–Trinajstić information content (AvgIpc) is 3.11. The first-order valence-electron chi connectivity index (χ1n) is 5.93. The van der Waals surface area contributed by atoms with Crippen molar-refractivity contribution in [1.29, 1.82) is 0 Å². The van der Waals surface area contributed by atoms with Crippen LogP contribution in [0, 0.1) is 5.92 Å². The number of Topliss-reactive ketones (excluding diaryl/α,β-unsaturated/α-hetero) is 1. The van der Waals surface area contributed by atoms with E-state index >= 15 is 0 Å². The summed E-state index contributed by atoms with van der Waals surface area (Å²) in [5, 5.41) is 4.41. The van der Waals surface area contributed by atoms with Gasteiger partial charge in [-0.15, -0.1) is 23.1 Å². The first kappa shape index (κ1) is 12.8. The van der Waals surface area contributed by atoms with E-state index in [-0.39, 0.29) is 11.7 Å². The Labute approximate surface area is 110 Å². The molecule has 94 valence electrons. The van der Waals surface area contributed by atoms with Gasteiger partial charge in [0, 0.05) is 12.5 Å². The highest BCUT2D eigenvalue weighted by Gasteiger charge is 2.33. The van der Waals surface area contributed by atoms with Crippen molar-refractivity contribution >= 4 is 39.6 Å². The van der Waals surface area contributed by atoms with E-state index in [0.717, 1.165) is 40.6 Å². The van der Waals surface area contributed by atoms with Crippen LogP contribution in [0.3, 0.4) is 0 Å². The minimum atomic E-state index is 0.240. The molecule has 0 unspecified atom stereocenters. The molecule has 0 spiro atoms. The third-order valence-electron chi connectivity index (χ3n) is 2.81. The molecule has 3 nitrogen and oxygen atoms in total. The molecule has 0 aliphatic heterocycles. The molecule has 0 saturated heterocycles. The van der Waals surface area contributed by atoms with E-state index < -0.39 is 0 Å². The van der Waals surface area contributed by atoms with E-state index in [9.17, 15) is 4.79 Å². The van der Waals surface area contributed by atoms with E-state index in [1.54, 1.807) is 11.8 Å². The van der Waals surface area contributed by atoms with Gasteiger partial charge >= 0.3 is 0 Å². The first-order chi connectivity index (χ1) is 8.19. The maximum absolute atomic E-state index is 12.1. The Morgan fingerprint density at radius 3 is 2.82 bits per heavy atom. The number of thioether (sulfide) groups is 1. The Morgan fingerprint density at radius 1 is 1.59 bits per heavy atom. The monoisotopic (exact) mass is 270 g/mol. The number of nitrogens with two attached hydrogens (primary N) is 1. The van der Waals surface area contributed by atoms with Crippen molar-refractivity contribution in [1.82, 2.24) is 0 Å². The van der Waals surface area contributed by atoms with Gasteiger partial charge in [-0.25, -0.2) is 0 Å². The van der Waals surface area contributed by atoms with Crippen LogP contribution < -0.4 is 11.1 Å². The summed E-state index contributed by atoms with van der Waals surface area (Å²) in [5.74, 6) is 0.483. The van der Waals surface area contributed by atoms with E-state index in [0.29, 0.717) is 5.69 Å². The molecule has 1 aromatic heterocycles. The second-order valence-corrected chi connectivity index (χ2v) is 6.11. The van der Waals surface area contributed by atoms with Gasteiger partial charge in [-0.05, 0) is 25.5 Å². The SMILES string of the molecule is CCCNc1sc(C(=O)C2CC2)c(N)c1SC. The number of carbonyl (C=O) groups is 1. The van der Waals surface area contributed by atoms with Crippen LogP contribution in [0.4, 0.5) is 10.7 Å². The summed E-state index contributed by atoms with van der Waals surface area (Å²) in [7, 11) is 0. The molecule has 1 saturated carbocycles. The standard InChI is InChI=1S/C12H18N2OS2/c1-3-6-14-12-11(16-2)8(13)10(17-12)9(15)7-4-5-7/h7,14H,3-6,13H2,1-2H3. The molecule has 0 atom stereocenters. The van der Waals surface area contributed by atoms with Crippen LogP contribution in [0.5, 0.6) is 0 Å². The zero-order chi connectivity index (χ0) is 12.4. The summed E-state index contributed by atoms with van der Waals surface area (Å²) in [4.78, 5) is 13.9. The molecule has 0 aromatic carbocycles. The molecular formula is C12H18N2OS2. The molecule has 0 radical (unpaired) electrons. The Morgan fingerprint density at radius 2 is 2.29 bits per heavy atom. The maximum atomic E-state index is 12.1. The fourth-order valence-corrected chi connectivity index (χ4v) is 3.78. The number of anilines is 2. The van der Waals surface area contributed by atoms with Crippen LogP contribution in [-0.2, 0) is 0 Å². The quantitative estimate of drug-likeness (QED) is 0.614. The van der Waals surface area contributed by atoms with Gasteiger partial charge in [0.2, 0.25) is 0 Å². The van der Waals surface area contributed by atoms with Gasteiger partial charge in [-0.1, -0.05) is 6.92 Å². The van der Waals surface area contributed by atoms with E-state index in [2.05, 4.69) is 12.2 Å². The highest BCUT2D eigenvalue weighted by atomic mass is 32.2. The van der Waals surface area contributed by atoms with E-state index in [1.165, 1.54) is 11.3 Å². The number of ketones is 1. The number of nitrogens with one attached hydrogen (secondary N) is 1. The molecule has 1 aliphatic carbocycles. The zero-order valence-corrected chi connectivity index (χ0v) is 11.8. The lowest BCUT2D eigenvalue weighted by molar-refractivity contribution is 0.0972. The second kappa shape index (κ2) is 5.31. The van der Waals surface area contributed by atoms with Gasteiger partial charge in [0.15, 0.2) is 5.78 Å². The van der Waals surface area contributed by atoms with E-state index in [4.69, 9.17) is 5.73 Å². The van der Waals surface area contributed by atoms with Crippen LogP contribution in [0.1, 0.15) is 35.9 Å². The Hall–Kier alpha value is -0.680. The first-order valence-corrected chi connectivity index (χ1v) is 7.97. The van der Waals surface area contributed by atoms with E-state index in [1.807, 2.05) is 6.26 Å². The summed E-state index contributed by atoms with van der Waals surface area (Å²) in [6, 6.07) is 0. The third-order valence-corrected chi connectivity index (χ3v) is 4.95. The molecule has 1 heterocycles. The fourth-order valence-electron chi connectivity index (χ4n) is 1.70. The van der Waals surface area contributed by atoms with Crippen molar-refractivity contribution < 1.29 is 4.79 Å².